The number of hydrogen-bond donors (Lipinski definition) is 1. The van der Waals surface area contributed by atoms with Gasteiger partial charge in [-0.3, -0.25) is 4.79 Å². The van der Waals surface area contributed by atoms with E-state index >= 15 is 0 Å². The third kappa shape index (κ3) is 6.00. The van der Waals surface area contributed by atoms with Crippen molar-refractivity contribution in [2.75, 3.05) is 19.6 Å². The molecular formula is C11H25ClN2O. The Hall–Kier alpha value is -0.280. The zero-order valence-electron chi connectivity index (χ0n) is 10.3. The Balaban J connectivity index is 0. The zero-order chi connectivity index (χ0) is 11.1. The number of nitrogens with zero attached hydrogens (tertiary/aromatic N) is 1. The Morgan fingerprint density at radius 3 is 2.20 bits per heavy atom. The first-order valence-corrected chi connectivity index (χ1v) is 5.55. The smallest absolute Gasteiger partial charge is 0.226 e. The van der Waals surface area contributed by atoms with E-state index in [1.165, 1.54) is 0 Å². The molecule has 0 bridgehead atoms. The van der Waals surface area contributed by atoms with Crippen LogP contribution in [-0.2, 0) is 4.79 Å². The molecule has 0 radical (unpaired) electrons. The van der Waals surface area contributed by atoms with Gasteiger partial charge in [0.25, 0.3) is 0 Å². The van der Waals surface area contributed by atoms with E-state index in [9.17, 15) is 4.79 Å². The summed E-state index contributed by atoms with van der Waals surface area (Å²) in [5.41, 5.74) is 5.48. The van der Waals surface area contributed by atoms with E-state index in [2.05, 4.69) is 13.8 Å². The molecule has 0 fully saturated rings. The highest BCUT2D eigenvalue weighted by Crippen LogP contribution is 2.07. The van der Waals surface area contributed by atoms with Gasteiger partial charge in [0.1, 0.15) is 0 Å². The number of carbonyl (C=O) groups is 1. The normalized spacial score (nSPS) is 13.9. The fourth-order valence-electron chi connectivity index (χ4n) is 1.29. The fraction of sp³-hybridized carbons (Fsp3) is 0.909. The van der Waals surface area contributed by atoms with E-state index in [4.69, 9.17) is 5.73 Å². The highest BCUT2D eigenvalue weighted by Gasteiger charge is 2.18. The lowest BCUT2D eigenvalue weighted by molar-refractivity contribution is -0.135. The van der Waals surface area contributed by atoms with Gasteiger partial charge in [0.05, 0.1) is 0 Å². The highest BCUT2D eigenvalue weighted by molar-refractivity contribution is 5.85. The Morgan fingerprint density at radius 1 is 1.33 bits per heavy atom. The van der Waals surface area contributed by atoms with Crippen LogP contribution in [0.15, 0.2) is 0 Å². The number of halogens is 1. The molecule has 4 heteroatoms. The minimum absolute atomic E-state index is 0. The fourth-order valence-corrected chi connectivity index (χ4v) is 1.29. The molecule has 0 aliphatic heterocycles. The monoisotopic (exact) mass is 236 g/mol. The predicted octanol–water partition coefficient (Wildman–Crippen LogP) is 1.90. The van der Waals surface area contributed by atoms with E-state index in [0.29, 0.717) is 12.5 Å². The number of rotatable bonds is 6. The summed E-state index contributed by atoms with van der Waals surface area (Å²) < 4.78 is 0. The van der Waals surface area contributed by atoms with Crippen LogP contribution in [0.1, 0.15) is 34.1 Å². The van der Waals surface area contributed by atoms with Gasteiger partial charge < -0.3 is 10.6 Å². The van der Waals surface area contributed by atoms with Gasteiger partial charge in [-0.1, -0.05) is 27.2 Å². The largest absolute Gasteiger partial charge is 0.342 e. The number of amides is 1. The molecule has 15 heavy (non-hydrogen) atoms. The highest BCUT2D eigenvalue weighted by atomic mass is 35.5. The van der Waals surface area contributed by atoms with Crippen LogP contribution in [0.25, 0.3) is 0 Å². The zero-order valence-corrected chi connectivity index (χ0v) is 11.1. The summed E-state index contributed by atoms with van der Waals surface area (Å²) in [5.74, 6) is 0.721. The van der Waals surface area contributed by atoms with Crippen LogP contribution >= 0.6 is 12.4 Å². The molecule has 92 valence electrons. The van der Waals surface area contributed by atoms with Crippen LogP contribution in [0.2, 0.25) is 0 Å². The summed E-state index contributed by atoms with van der Waals surface area (Å²) in [6.45, 7) is 10.3. The lowest BCUT2D eigenvalue weighted by Crippen LogP contribution is -2.40. The van der Waals surface area contributed by atoms with Crippen LogP contribution < -0.4 is 5.73 Å². The van der Waals surface area contributed by atoms with Crippen molar-refractivity contribution in [2.24, 2.45) is 17.6 Å². The summed E-state index contributed by atoms with van der Waals surface area (Å²) in [7, 11) is 0. The molecular weight excluding hydrogens is 212 g/mol. The second-order valence-electron chi connectivity index (χ2n) is 4.03. The Morgan fingerprint density at radius 2 is 1.87 bits per heavy atom. The number of carbonyl (C=O) groups excluding carboxylic acids is 1. The van der Waals surface area contributed by atoms with Crippen LogP contribution in [0.5, 0.6) is 0 Å². The molecule has 0 aliphatic carbocycles. The summed E-state index contributed by atoms with van der Waals surface area (Å²) in [5, 5.41) is 0. The molecule has 0 aromatic heterocycles. The van der Waals surface area contributed by atoms with Gasteiger partial charge in [-0.25, -0.2) is 0 Å². The standard InChI is InChI=1S/C11H24N2O.ClH/c1-5-9(3)8-13(6-2)11(14)10(4)7-12;/h9-10H,5-8,12H2,1-4H3;1H. The van der Waals surface area contributed by atoms with Crippen molar-refractivity contribution in [3.05, 3.63) is 0 Å². The van der Waals surface area contributed by atoms with Crippen LogP contribution in [0.4, 0.5) is 0 Å². The molecule has 2 unspecified atom stereocenters. The second kappa shape index (κ2) is 8.98. The lowest BCUT2D eigenvalue weighted by Gasteiger charge is -2.26. The van der Waals surface area contributed by atoms with Crippen LogP contribution in [0, 0.1) is 11.8 Å². The van der Waals surface area contributed by atoms with Crippen molar-refractivity contribution in [1.29, 1.82) is 0 Å². The molecule has 0 rings (SSSR count). The predicted molar refractivity (Wildman–Crippen MR) is 67.2 cm³/mol. The van der Waals surface area contributed by atoms with Crippen molar-refractivity contribution in [2.45, 2.75) is 34.1 Å². The number of nitrogens with two attached hydrogens (primary N) is 1. The van der Waals surface area contributed by atoms with Gasteiger partial charge in [-0.2, -0.15) is 0 Å². The maximum Gasteiger partial charge on any atom is 0.226 e. The summed E-state index contributed by atoms with van der Waals surface area (Å²) in [6.07, 6.45) is 1.11. The molecule has 0 aliphatic rings. The van der Waals surface area contributed by atoms with Gasteiger partial charge in [-0.05, 0) is 12.8 Å². The number of hydrogen-bond acceptors (Lipinski definition) is 2. The molecule has 0 saturated carbocycles. The molecule has 1 amide bonds. The quantitative estimate of drug-likeness (QED) is 0.766. The van der Waals surface area contributed by atoms with Gasteiger partial charge in [0.2, 0.25) is 5.91 Å². The van der Waals surface area contributed by atoms with Crippen molar-refractivity contribution >= 4 is 18.3 Å². The van der Waals surface area contributed by atoms with E-state index in [-0.39, 0.29) is 24.2 Å². The van der Waals surface area contributed by atoms with Gasteiger partial charge in [0, 0.05) is 25.6 Å². The average molecular weight is 237 g/mol. The van der Waals surface area contributed by atoms with Gasteiger partial charge in [-0.15, -0.1) is 12.4 Å². The van der Waals surface area contributed by atoms with Crippen molar-refractivity contribution in [3.63, 3.8) is 0 Å². The molecule has 3 nitrogen and oxygen atoms in total. The van der Waals surface area contributed by atoms with Crippen LogP contribution in [-0.4, -0.2) is 30.4 Å². The minimum atomic E-state index is -0.0426. The van der Waals surface area contributed by atoms with Crippen molar-refractivity contribution in [3.8, 4) is 0 Å². The third-order valence-corrected chi connectivity index (χ3v) is 2.70. The molecule has 0 saturated heterocycles. The molecule has 2 atom stereocenters. The molecule has 0 aromatic carbocycles. The van der Waals surface area contributed by atoms with E-state index in [0.717, 1.165) is 19.5 Å². The first kappa shape index (κ1) is 17.1. The van der Waals surface area contributed by atoms with E-state index in [1.807, 2.05) is 18.7 Å². The average Bonchev–Trinajstić information content (AvgIpc) is 2.23. The molecule has 0 spiro atoms. The van der Waals surface area contributed by atoms with Crippen molar-refractivity contribution in [1.82, 2.24) is 4.90 Å². The maximum absolute atomic E-state index is 11.8. The first-order valence-electron chi connectivity index (χ1n) is 5.55. The van der Waals surface area contributed by atoms with Crippen LogP contribution in [0.3, 0.4) is 0 Å². The minimum Gasteiger partial charge on any atom is -0.342 e. The molecule has 2 N–H and O–H groups in total. The second-order valence-corrected chi connectivity index (χ2v) is 4.03. The topological polar surface area (TPSA) is 46.3 Å². The SMILES string of the molecule is CCC(C)CN(CC)C(=O)C(C)CN.Cl. The summed E-state index contributed by atoms with van der Waals surface area (Å²) in [6, 6.07) is 0. The van der Waals surface area contributed by atoms with Gasteiger partial charge >= 0.3 is 0 Å². The Kier molecular flexibility index (Phi) is 10.3. The van der Waals surface area contributed by atoms with E-state index in [1.54, 1.807) is 0 Å². The third-order valence-electron chi connectivity index (χ3n) is 2.70. The van der Waals surface area contributed by atoms with E-state index < -0.39 is 0 Å². The van der Waals surface area contributed by atoms with Crippen molar-refractivity contribution < 1.29 is 4.79 Å². The molecule has 0 heterocycles. The summed E-state index contributed by atoms with van der Waals surface area (Å²) in [4.78, 5) is 13.7. The lowest BCUT2D eigenvalue weighted by atomic mass is 10.1. The Labute approximate surface area is 99.8 Å². The Bertz CT molecular complexity index is 176. The van der Waals surface area contributed by atoms with Gasteiger partial charge in [0.15, 0.2) is 0 Å². The summed E-state index contributed by atoms with van der Waals surface area (Å²) >= 11 is 0. The first-order chi connectivity index (χ1) is 6.56. The maximum atomic E-state index is 11.8. The molecule has 0 aromatic rings.